The molecule has 0 fully saturated rings. The van der Waals surface area contributed by atoms with E-state index in [2.05, 4.69) is 0 Å². The topological polar surface area (TPSA) is 49.9 Å². The number of thiophene rings is 1. The van der Waals surface area contributed by atoms with Crippen LogP contribution in [-0.4, -0.2) is 47.4 Å². The lowest BCUT2D eigenvalue weighted by Crippen LogP contribution is -2.49. The van der Waals surface area contributed by atoms with Crippen molar-refractivity contribution in [3.63, 3.8) is 0 Å². The maximum absolute atomic E-state index is 14.0. The van der Waals surface area contributed by atoms with Crippen LogP contribution in [0.15, 0.2) is 35.7 Å². The Bertz CT molecular complexity index is 885. The quantitative estimate of drug-likeness (QED) is 0.620. The molecule has 1 aliphatic rings. The lowest BCUT2D eigenvalue weighted by molar-refractivity contribution is -0.144. The van der Waals surface area contributed by atoms with E-state index in [1.807, 2.05) is 32.2 Å². The summed E-state index contributed by atoms with van der Waals surface area (Å²) >= 11 is 1.67. The average Bonchev–Trinajstić information content (AvgIpc) is 3.24. The lowest BCUT2D eigenvalue weighted by atomic mass is 10.00. The second-order valence-electron chi connectivity index (χ2n) is 7.53. The number of amides is 2. The first-order valence-electron chi connectivity index (χ1n) is 10.5. The van der Waals surface area contributed by atoms with Gasteiger partial charge in [0.15, 0.2) is 11.6 Å². The molecule has 0 aliphatic carbocycles. The molecule has 0 radical (unpaired) electrons. The van der Waals surface area contributed by atoms with Gasteiger partial charge in [0.2, 0.25) is 11.8 Å². The highest BCUT2D eigenvalue weighted by molar-refractivity contribution is 7.10. The van der Waals surface area contributed by atoms with Gasteiger partial charge in [-0.2, -0.15) is 0 Å². The predicted octanol–water partition coefficient (Wildman–Crippen LogP) is 4.43. The zero-order valence-electron chi connectivity index (χ0n) is 17.8. The molecule has 2 atom stereocenters. The van der Waals surface area contributed by atoms with E-state index in [-0.39, 0.29) is 42.8 Å². The Morgan fingerprint density at radius 3 is 2.77 bits per heavy atom. The molecule has 0 saturated heterocycles. The summed E-state index contributed by atoms with van der Waals surface area (Å²) in [5, 5.41) is 2.01. The molecule has 1 aromatic heterocycles. The number of hydrogen-bond donors (Lipinski definition) is 0. The smallest absolute Gasteiger partial charge is 0.242 e. The Labute approximate surface area is 181 Å². The Hall–Kier alpha value is -2.41. The zero-order chi connectivity index (χ0) is 21.7. The first-order valence-corrected chi connectivity index (χ1v) is 11.4. The van der Waals surface area contributed by atoms with Crippen molar-refractivity contribution >= 4 is 23.2 Å². The van der Waals surface area contributed by atoms with E-state index in [0.717, 1.165) is 18.4 Å². The Morgan fingerprint density at radius 1 is 1.30 bits per heavy atom. The van der Waals surface area contributed by atoms with Gasteiger partial charge < -0.3 is 14.5 Å². The van der Waals surface area contributed by atoms with Crippen molar-refractivity contribution in [1.82, 2.24) is 9.80 Å². The SMILES string of the molecule is CCC(=O)N(CC(=O)N1CCc2sccc2[C@H]1COc1ccccc1F)[C@H](C)CC. The van der Waals surface area contributed by atoms with E-state index in [1.165, 1.54) is 10.9 Å². The Balaban J connectivity index is 1.80. The number of carbonyl (C=O) groups excluding carboxylic acids is 2. The summed E-state index contributed by atoms with van der Waals surface area (Å²) in [7, 11) is 0. The highest BCUT2D eigenvalue weighted by Crippen LogP contribution is 2.34. The minimum atomic E-state index is -0.423. The van der Waals surface area contributed by atoms with Crippen LogP contribution in [0.3, 0.4) is 0 Å². The van der Waals surface area contributed by atoms with Crippen LogP contribution >= 0.6 is 11.3 Å². The molecule has 0 spiro atoms. The van der Waals surface area contributed by atoms with Crippen LogP contribution in [-0.2, 0) is 16.0 Å². The van der Waals surface area contributed by atoms with E-state index < -0.39 is 5.82 Å². The van der Waals surface area contributed by atoms with Crippen LogP contribution in [0.4, 0.5) is 4.39 Å². The van der Waals surface area contributed by atoms with Gasteiger partial charge in [-0.15, -0.1) is 11.3 Å². The van der Waals surface area contributed by atoms with E-state index in [9.17, 15) is 14.0 Å². The maximum atomic E-state index is 14.0. The van der Waals surface area contributed by atoms with Crippen molar-refractivity contribution in [3.05, 3.63) is 52.0 Å². The van der Waals surface area contributed by atoms with Gasteiger partial charge in [0.05, 0.1) is 6.04 Å². The Kier molecular flexibility index (Phi) is 7.48. The van der Waals surface area contributed by atoms with Gasteiger partial charge in [-0.25, -0.2) is 4.39 Å². The van der Waals surface area contributed by atoms with Crippen LogP contribution in [0.25, 0.3) is 0 Å². The number of nitrogens with zero attached hydrogens (tertiary/aromatic N) is 2. The molecular formula is C23H29FN2O3S. The van der Waals surface area contributed by atoms with Crippen LogP contribution in [0.2, 0.25) is 0 Å². The highest BCUT2D eigenvalue weighted by Gasteiger charge is 2.34. The van der Waals surface area contributed by atoms with Gasteiger partial charge in [-0.1, -0.05) is 26.0 Å². The summed E-state index contributed by atoms with van der Waals surface area (Å²) in [6.45, 7) is 6.57. The standard InChI is InChI=1S/C23H29FN2O3S/c1-4-16(3)26(22(27)5-2)14-23(28)25-12-10-21-17(11-13-30-21)19(25)15-29-20-9-7-6-8-18(20)24/h6-9,11,13,16,19H,4-5,10,12,14-15H2,1-3H3/t16-,19-/m1/s1. The molecule has 2 heterocycles. The van der Waals surface area contributed by atoms with Gasteiger partial charge in [-0.3, -0.25) is 9.59 Å². The summed E-state index contributed by atoms with van der Waals surface area (Å²) < 4.78 is 19.8. The fraction of sp³-hybridized carbons (Fsp3) is 0.478. The van der Waals surface area contributed by atoms with Gasteiger partial charge in [0, 0.05) is 23.9 Å². The van der Waals surface area contributed by atoms with Crippen molar-refractivity contribution in [1.29, 1.82) is 0 Å². The molecule has 30 heavy (non-hydrogen) atoms. The molecule has 5 nitrogen and oxygen atoms in total. The molecular weight excluding hydrogens is 403 g/mol. The monoisotopic (exact) mass is 432 g/mol. The van der Waals surface area contributed by atoms with E-state index >= 15 is 0 Å². The number of hydrogen-bond acceptors (Lipinski definition) is 4. The molecule has 0 unspecified atom stereocenters. The van der Waals surface area contributed by atoms with Crippen LogP contribution in [0, 0.1) is 5.82 Å². The number of fused-ring (bicyclic) bond motifs is 1. The molecule has 0 bridgehead atoms. The number of rotatable bonds is 8. The second kappa shape index (κ2) is 10.1. The van der Waals surface area contributed by atoms with Gasteiger partial charge in [0.1, 0.15) is 13.2 Å². The minimum absolute atomic E-state index is 0.00369. The molecule has 0 saturated carbocycles. The summed E-state index contributed by atoms with van der Waals surface area (Å²) in [4.78, 5) is 30.4. The zero-order valence-corrected chi connectivity index (χ0v) is 18.6. The first-order chi connectivity index (χ1) is 14.5. The van der Waals surface area contributed by atoms with Crippen LogP contribution in [0.1, 0.15) is 50.1 Å². The summed E-state index contributed by atoms with van der Waals surface area (Å²) in [6, 6.07) is 7.98. The third-order valence-corrected chi connectivity index (χ3v) is 6.70. The maximum Gasteiger partial charge on any atom is 0.242 e. The third-order valence-electron chi connectivity index (χ3n) is 5.70. The Morgan fingerprint density at radius 2 is 2.07 bits per heavy atom. The summed E-state index contributed by atoms with van der Waals surface area (Å²) in [5.41, 5.74) is 1.05. The molecule has 1 aromatic carbocycles. The summed E-state index contributed by atoms with van der Waals surface area (Å²) in [6.07, 6.45) is 1.93. The van der Waals surface area contributed by atoms with E-state index in [0.29, 0.717) is 13.0 Å². The molecule has 1 aliphatic heterocycles. The van der Waals surface area contributed by atoms with Gasteiger partial charge in [0.25, 0.3) is 0 Å². The lowest BCUT2D eigenvalue weighted by Gasteiger charge is -2.38. The van der Waals surface area contributed by atoms with Crippen molar-refractivity contribution in [2.75, 3.05) is 19.7 Å². The molecule has 0 N–H and O–H groups in total. The number of halogens is 1. The molecule has 2 aromatic rings. The molecule has 7 heteroatoms. The van der Waals surface area contributed by atoms with E-state index in [1.54, 1.807) is 39.3 Å². The fourth-order valence-electron chi connectivity index (χ4n) is 3.75. The third kappa shape index (κ3) is 4.83. The number of ether oxygens (including phenoxy) is 1. The first kappa shape index (κ1) is 22.3. The van der Waals surface area contributed by atoms with Crippen LogP contribution in [0.5, 0.6) is 5.75 Å². The van der Waals surface area contributed by atoms with E-state index in [4.69, 9.17) is 4.74 Å². The normalized spacial score (nSPS) is 16.7. The fourth-order valence-corrected chi connectivity index (χ4v) is 4.68. The highest BCUT2D eigenvalue weighted by atomic mass is 32.1. The number of carbonyl (C=O) groups is 2. The molecule has 162 valence electrons. The predicted molar refractivity (Wildman–Crippen MR) is 116 cm³/mol. The second-order valence-corrected chi connectivity index (χ2v) is 8.53. The van der Waals surface area contributed by atoms with Crippen molar-refractivity contribution < 1.29 is 18.7 Å². The van der Waals surface area contributed by atoms with Crippen molar-refractivity contribution in [2.24, 2.45) is 0 Å². The minimum Gasteiger partial charge on any atom is -0.488 e. The number of para-hydroxylation sites is 1. The van der Waals surface area contributed by atoms with Crippen molar-refractivity contribution in [3.8, 4) is 5.75 Å². The molecule has 3 rings (SSSR count). The largest absolute Gasteiger partial charge is 0.488 e. The van der Waals surface area contributed by atoms with Crippen LogP contribution < -0.4 is 4.74 Å². The average molecular weight is 433 g/mol. The summed E-state index contributed by atoms with van der Waals surface area (Å²) in [5.74, 6) is -0.371. The van der Waals surface area contributed by atoms with Gasteiger partial charge >= 0.3 is 0 Å². The van der Waals surface area contributed by atoms with Crippen molar-refractivity contribution in [2.45, 2.75) is 52.1 Å². The number of benzene rings is 1. The molecule has 2 amide bonds. The van der Waals surface area contributed by atoms with Gasteiger partial charge in [-0.05, 0) is 48.9 Å².